The van der Waals surface area contributed by atoms with Crippen LogP contribution in [0.5, 0.6) is 0 Å². The summed E-state index contributed by atoms with van der Waals surface area (Å²) in [5, 5.41) is 6.88. The third-order valence-corrected chi connectivity index (χ3v) is 13.9. The summed E-state index contributed by atoms with van der Waals surface area (Å²) in [6.45, 7) is 4.69. The van der Waals surface area contributed by atoms with Crippen LogP contribution in [0.1, 0.15) is 25.0 Å². The molecule has 12 aromatic rings. The second kappa shape index (κ2) is 12.3. The lowest BCUT2D eigenvalue weighted by molar-refractivity contribution is 0.661. The fraction of sp³-hybridized carbons (Fsp3) is 0.0556. The summed E-state index contributed by atoms with van der Waals surface area (Å²) in [4.78, 5) is 15.7. The highest BCUT2D eigenvalue weighted by Crippen LogP contribution is 2.51. The molecule has 0 fully saturated rings. The Morgan fingerprint density at radius 2 is 1.13 bits per heavy atom. The topological polar surface area (TPSA) is 56.7 Å². The Bertz CT molecular complexity index is 3740. The van der Waals surface area contributed by atoms with Crippen molar-refractivity contribution in [2.75, 3.05) is 0 Å². The number of para-hydroxylation sites is 2. The molecule has 0 bridgehead atoms. The van der Waals surface area contributed by atoms with Crippen molar-refractivity contribution in [3.05, 3.63) is 181 Å². The lowest BCUT2D eigenvalue weighted by Gasteiger charge is -2.21. The van der Waals surface area contributed by atoms with E-state index in [4.69, 9.17) is 19.4 Å². The zero-order valence-electron chi connectivity index (χ0n) is 32.8. The number of nitrogens with zero attached hydrogens (tertiary/aromatic N) is 4. The molecule has 0 atom stereocenters. The fourth-order valence-electron chi connectivity index (χ4n) is 9.77. The molecule has 0 spiro atoms. The Hall–Kier alpha value is -7.41. The molecule has 1 aliphatic rings. The van der Waals surface area contributed by atoms with Crippen molar-refractivity contribution in [1.29, 1.82) is 0 Å². The zero-order chi connectivity index (χ0) is 39.7. The maximum Gasteiger partial charge on any atom is 0.165 e. The van der Waals surface area contributed by atoms with E-state index in [1.165, 1.54) is 54.1 Å². The highest BCUT2D eigenvalue weighted by Gasteiger charge is 2.36. The van der Waals surface area contributed by atoms with E-state index in [9.17, 15) is 0 Å². The predicted octanol–water partition coefficient (Wildman–Crippen LogP) is 14.5. The Kier molecular flexibility index (Phi) is 6.88. The maximum absolute atomic E-state index is 6.60. The standard InChI is InChI=1S/C54H34N4OS/c1-54(2)42-20-10-6-16-34(42)38-28-39-35-17-7-11-21-44(35)58(45(39)30-43(38)54)33-26-24-32(25-27-33)52-55-51(31-14-4-3-5-15-31)56-53(57-52)41-29-40-36-18-8-12-22-46(36)59-49(40)48-37-19-9-13-23-47(37)60-50(41)48/h3-30H,1-2H3. The number of aromatic nitrogens is 4. The average Bonchev–Trinajstić information content (AvgIpc) is 4.02. The van der Waals surface area contributed by atoms with Gasteiger partial charge in [-0.15, -0.1) is 11.3 Å². The first-order valence-corrected chi connectivity index (χ1v) is 21.2. The van der Waals surface area contributed by atoms with Crippen LogP contribution in [-0.4, -0.2) is 19.5 Å². The van der Waals surface area contributed by atoms with E-state index in [-0.39, 0.29) is 5.41 Å². The maximum atomic E-state index is 6.60. The summed E-state index contributed by atoms with van der Waals surface area (Å²) in [5.41, 5.74) is 13.3. The van der Waals surface area contributed by atoms with Crippen LogP contribution in [0.3, 0.4) is 0 Å². The molecule has 0 aliphatic heterocycles. The molecule has 5 nitrogen and oxygen atoms in total. The van der Waals surface area contributed by atoms with Crippen molar-refractivity contribution >= 4 is 75.3 Å². The lowest BCUT2D eigenvalue weighted by Crippen LogP contribution is -2.14. The fourth-order valence-corrected chi connectivity index (χ4v) is 11.0. The third kappa shape index (κ3) is 4.71. The van der Waals surface area contributed by atoms with Crippen molar-refractivity contribution in [2.24, 2.45) is 0 Å². The molecule has 13 rings (SSSR count). The number of hydrogen-bond donors (Lipinski definition) is 0. The minimum absolute atomic E-state index is 0.102. The van der Waals surface area contributed by atoms with E-state index in [0.717, 1.165) is 54.4 Å². The number of hydrogen-bond acceptors (Lipinski definition) is 5. The molecule has 60 heavy (non-hydrogen) atoms. The van der Waals surface area contributed by atoms with E-state index < -0.39 is 0 Å². The lowest BCUT2D eigenvalue weighted by atomic mass is 9.82. The van der Waals surface area contributed by atoms with Crippen LogP contribution in [0, 0.1) is 0 Å². The average molecular weight is 787 g/mol. The van der Waals surface area contributed by atoms with Gasteiger partial charge in [0, 0.05) is 64.8 Å². The van der Waals surface area contributed by atoms with Gasteiger partial charge in [-0.2, -0.15) is 0 Å². The van der Waals surface area contributed by atoms with Crippen LogP contribution in [0.2, 0.25) is 0 Å². The molecule has 8 aromatic carbocycles. The highest BCUT2D eigenvalue weighted by molar-refractivity contribution is 7.26. The number of furan rings is 1. The molecule has 0 unspecified atom stereocenters. The van der Waals surface area contributed by atoms with Crippen molar-refractivity contribution in [1.82, 2.24) is 19.5 Å². The van der Waals surface area contributed by atoms with Crippen LogP contribution in [0.4, 0.5) is 0 Å². The molecule has 4 heterocycles. The first-order chi connectivity index (χ1) is 29.5. The molecule has 0 N–H and O–H groups in total. The number of rotatable bonds is 4. The molecule has 0 radical (unpaired) electrons. The van der Waals surface area contributed by atoms with Gasteiger partial charge < -0.3 is 8.98 Å². The van der Waals surface area contributed by atoms with Gasteiger partial charge in [0.1, 0.15) is 11.2 Å². The van der Waals surface area contributed by atoms with Gasteiger partial charge in [-0.25, -0.2) is 15.0 Å². The zero-order valence-corrected chi connectivity index (χ0v) is 33.6. The van der Waals surface area contributed by atoms with Crippen molar-refractivity contribution in [3.63, 3.8) is 0 Å². The van der Waals surface area contributed by atoms with Gasteiger partial charge in [0.25, 0.3) is 0 Å². The van der Waals surface area contributed by atoms with Crippen LogP contribution < -0.4 is 0 Å². The number of fused-ring (bicyclic) bond motifs is 13. The van der Waals surface area contributed by atoms with Crippen LogP contribution in [0.25, 0.3) is 115 Å². The first kappa shape index (κ1) is 33.6. The van der Waals surface area contributed by atoms with Crippen LogP contribution in [-0.2, 0) is 5.41 Å². The molecule has 0 saturated carbocycles. The largest absolute Gasteiger partial charge is 0.455 e. The smallest absolute Gasteiger partial charge is 0.165 e. The van der Waals surface area contributed by atoms with E-state index in [1.54, 1.807) is 11.3 Å². The van der Waals surface area contributed by atoms with Gasteiger partial charge in [0.2, 0.25) is 0 Å². The van der Waals surface area contributed by atoms with E-state index in [0.29, 0.717) is 17.5 Å². The molecular weight excluding hydrogens is 753 g/mol. The molecule has 6 heteroatoms. The second-order valence-corrected chi connectivity index (χ2v) is 17.4. The van der Waals surface area contributed by atoms with Crippen molar-refractivity contribution in [3.8, 4) is 51.0 Å². The minimum atomic E-state index is -0.102. The number of benzene rings is 8. The van der Waals surface area contributed by atoms with E-state index in [1.807, 2.05) is 30.3 Å². The summed E-state index contributed by atoms with van der Waals surface area (Å²) in [6, 6.07) is 60.4. The van der Waals surface area contributed by atoms with Gasteiger partial charge in [-0.3, -0.25) is 0 Å². The summed E-state index contributed by atoms with van der Waals surface area (Å²) in [6.07, 6.45) is 0. The molecule has 4 aromatic heterocycles. The normalized spacial score (nSPS) is 13.3. The molecule has 282 valence electrons. The number of thiophene rings is 1. The summed E-state index contributed by atoms with van der Waals surface area (Å²) < 4.78 is 11.3. The highest BCUT2D eigenvalue weighted by atomic mass is 32.1. The molecular formula is C54H34N4OS. The van der Waals surface area contributed by atoms with Gasteiger partial charge in [-0.1, -0.05) is 123 Å². The quantitative estimate of drug-likeness (QED) is 0.178. The van der Waals surface area contributed by atoms with Crippen molar-refractivity contribution < 1.29 is 4.42 Å². The van der Waals surface area contributed by atoms with E-state index in [2.05, 4.69) is 158 Å². The van der Waals surface area contributed by atoms with Gasteiger partial charge in [0.05, 0.1) is 15.7 Å². The Labute approximate surface area is 348 Å². The molecule has 0 saturated heterocycles. The summed E-state index contributed by atoms with van der Waals surface area (Å²) in [7, 11) is 0. The van der Waals surface area contributed by atoms with Gasteiger partial charge >= 0.3 is 0 Å². The van der Waals surface area contributed by atoms with Gasteiger partial charge in [-0.05, 0) is 82.9 Å². The van der Waals surface area contributed by atoms with Gasteiger partial charge in [0.15, 0.2) is 17.5 Å². The molecule has 0 amide bonds. The molecule has 1 aliphatic carbocycles. The Balaban J connectivity index is 1.01. The van der Waals surface area contributed by atoms with E-state index >= 15 is 0 Å². The minimum Gasteiger partial charge on any atom is -0.455 e. The second-order valence-electron chi connectivity index (χ2n) is 16.4. The SMILES string of the molecule is CC1(C)c2ccccc2-c2cc3c4ccccc4n(-c4ccc(-c5nc(-c6ccccc6)nc(-c6cc7c8ccccc8oc7c7c6sc6ccccc67)n5)cc4)c3cc21. The summed E-state index contributed by atoms with van der Waals surface area (Å²) >= 11 is 1.75. The van der Waals surface area contributed by atoms with Crippen molar-refractivity contribution in [2.45, 2.75) is 19.3 Å². The Morgan fingerprint density at radius 3 is 1.97 bits per heavy atom. The first-order valence-electron chi connectivity index (χ1n) is 20.4. The van der Waals surface area contributed by atoms with Crippen LogP contribution in [0.15, 0.2) is 174 Å². The summed E-state index contributed by atoms with van der Waals surface area (Å²) in [5.74, 6) is 1.88. The monoisotopic (exact) mass is 786 g/mol. The third-order valence-electron chi connectivity index (χ3n) is 12.7. The predicted molar refractivity (Wildman–Crippen MR) is 248 cm³/mol. The van der Waals surface area contributed by atoms with Crippen LogP contribution >= 0.6 is 11.3 Å². The Morgan fingerprint density at radius 1 is 0.483 bits per heavy atom.